The van der Waals surface area contributed by atoms with Gasteiger partial charge in [-0.05, 0) is 55.6 Å². The van der Waals surface area contributed by atoms with Gasteiger partial charge >= 0.3 is 0 Å². The molecule has 1 aliphatic heterocycles. The normalized spacial score (nSPS) is 25.1. The third kappa shape index (κ3) is 7.83. The number of amides is 3. The van der Waals surface area contributed by atoms with Gasteiger partial charge in [0.1, 0.15) is 12.1 Å². The number of carbonyl (C=O) groups is 4. The summed E-state index contributed by atoms with van der Waals surface area (Å²) in [6, 6.07) is 15.8. The average molecular weight is 577 g/mol. The number of nitrogens with one attached hydrogen (secondary N) is 3. The minimum atomic E-state index is -0.952. The molecule has 226 valence electrons. The average Bonchev–Trinajstić information content (AvgIpc) is 3.68. The number of aryl methyl sites for hydroxylation is 1. The lowest BCUT2D eigenvalue weighted by atomic mass is 9.79. The first-order valence-electron chi connectivity index (χ1n) is 14.9. The Labute approximate surface area is 248 Å². The molecule has 1 saturated heterocycles. The molecule has 3 amide bonds. The third-order valence-electron chi connectivity index (χ3n) is 8.28. The monoisotopic (exact) mass is 576 g/mol. The fourth-order valence-electron chi connectivity index (χ4n) is 5.84. The SMILES string of the molecule is CC(C)CC(NC(=O)[C@@H](N)CCc1ccccc1)C(=O)N[C@@H](Cc1ccccc1)C(=O)NC1CC(C)C2OC2(C)C1=O. The van der Waals surface area contributed by atoms with Crippen LogP contribution in [0.15, 0.2) is 60.7 Å². The lowest BCUT2D eigenvalue weighted by Crippen LogP contribution is -2.59. The number of benzene rings is 2. The standard InChI is InChI=1S/C33H44N4O5/c1-20(2)17-26(36-30(39)24(34)16-15-22-11-7-5-8-12-22)31(40)37-27(19-23-13-9-6-10-14-23)32(41)35-25-18-21(3)29-33(4,42-29)28(25)38/h5-14,20-21,24-27,29H,15-19,34H2,1-4H3,(H,35,41)(H,36,39)(H,37,40)/t21?,24-,25?,26?,27-,29?,33?/m0/s1. The molecule has 9 heteroatoms. The molecular weight excluding hydrogens is 532 g/mol. The van der Waals surface area contributed by atoms with E-state index in [1.807, 2.05) is 81.4 Å². The smallest absolute Gasteiger partial charge is 0.243 e. The lowest BCUT2D eigenvalue weighted by molar-refractivity contribution is -0.135. The van der Waals surface area contributed by atoms with Crippen LogP contribution in [-0.4, -0.2) is 59.4 Å². The van der Waals surface area contributed by atoms with E-state index >= 15 is 0 Å². The van der Waals surface area contributed by atoms with E-state index in [0.717, 1.165) is 11.1 Å². The zero-order valence-electron chi connectivity index (χ0n) is 25.0. The van der Waals surface area contributed by atoms with Crippen LogP contribution in [0.4, 0.5) is 0 Å². The number of rotatable bonds is 13. The van der Waals surface area contributed by atoms with Gasteiger partial charge in [0.15, 0.2) is 11.4 Å². The van der Waals surface area contributed by atoms with Crippen molar-refractivity contribution in [1.29, 1.82) is 0 Å². The van der Waals surface area contributed by atoms with Gasteiger partial charge in [-0.15, -0.1) is 0 Å². The van der Waals surface area contributed by atoms with Crippen LogP contribution in [0, 0.1) is 11.8 Å². The van der Waals surface area contributed by atoms with Crippen LogP contribution in [-0.2, 0) is 36.8 Å². The van der Waals surface area contributed by atoms with Crippen LogP contribution >= 0.6 is 0 Å². The molecule has 5 N–H and O–H groups in total. The van der Waals surface area contributed by atoms with E-state index < -0.39 is 47.5 Å². The molecule has 1 aliphatic carbocycles. The van der Waals surface area contributed by atoms with Gasteiger partial charge in [-0.3, -0.25) is 19.2 Å². The van der Waals surface area contributed by atoms with Crippen LogP contribution in [0.1, 0.15) is 58.1 Å². The summed E-state index contributed by atoms with van der Waals surface area (Å²) in [5.74, 6) is -1.25. The van der Waals surface area contributed by atoms with Crippen LogP contribution in [0.2, 0.25) is 0 Å². The summed E-state index contributed by atoms with van der Waals surface area (Å²) in [7, 11) is 0. The molecule has 1 heterocycles. The number of nitrogens with two attached hydrogens (primary N) is 1. The highest BCUT2D eigenvalue weighted by Crippen LogP contribution is 2.48. The van der Waals surface area contributed by atoms with Crippen molar-refractivity contribution in [2.75, 3.05) is 0 Å². The second-order valence-electron chi connectivity index (χ2n) is 12.4. The van der Waals surface area contributed by atoms with Gasteiger partial charge in [0.05, 0.1) is 18.2 Å². The first kappa shape index (κ1) is 31.4. The maximum atomic E-state index is 13.6. The van der Waals surface area contributed by atoms with Crippen molar-refractivity contribution in [3.63, 3.8) is 0 Å². The third-order valence-corrected chi connectivity index (χ3v) is 8.28. The molecule has 42 heavy (non-hydrogen) atoms. The zero-order chi connectivity index (χ0) is 30.4. The molecule has 1 saturated carbocycles. The fraction of sp³-hybridized carbons (Fsp3) is 0.515. The van der Waals surface area contributed by atoms with Gasteiger partial charge in [0.25, 0.3) is 0 Å². The number of hydrogen-bond acceptors (Lipinski definition) is 6. The summed E-state index contributed by atoms with van der Waals surface area (Å²) in [6.07, 6.45) is 2.03. The van der Waals surface area contributed by atoms with Gasteiger partial charge in [-0.25, -0.2) is 0 Å². The summed E-state index contributed by atoms with van der Waals surface area (Å²) >= 11 is 0. The molecule has 0 bridgehead atoms. The molecule has 7 atom stereocenters. The Morgan fingerprint density at radius 1 is 0.929 bits per heavy atom. The first-order chi connectivity index (χ1) is 20.0. The first-order valence-corrected chi connectivity index (χ1v) is 14.9. The van der Waals surface area contributed by atoms with E-state index in [4.69, 9.17) is 10.5 Å². The number of fused-ring (bicyclic) bond motifs is 1. The molecule has 4 rings (SSSR count). The van der Waals surface area contributed by atoms with E-state index in [1.54, 1.807) is 6.92 Å². The second-order valence-corrected chi connectivity index (χ2v) is 12.4. The van der Waals surface area contributed by atoms with Gasteiger partial charge in [0, 0.05) is 6.42 Å². The summed E-state index contributed by atoms with van der Waals surface area (Å²) in [5.41, 5.74) is 7.27. The molecular formula is C33H44N4O5. The van der Waals surface area contributed by atoms with Crippen molar-refractivity contribution >= 4 is 23.5 Å². The maximum Gasteiger partial charge on any atom is 0.243 e. The summed E-state index contributed by atoms with van der Waals surface area (Å²) in [4.78, 5) is 53.3. The molecule has 0 spiro atoms. The number of Topliss-reactive ketones (excluding diaryl/α,β-unsaturated/α-hetero) is 1. The Morgan fingerprint density at radius 3 is 2.14 bits per heavy atom. The van der Waals surface area contributed by atoms with Gasteiger partial charge < -0.3 is 26.4 Å². The lowest BCUT2D eigenvalue weighted by Gasteiger charge is -2.29. The highest BCUT2D eigenvalue weighted by Gasteiger charge is 2.65. The Hall–Kier alpha value is -3.56. The predicted octanol–water partition coefficient (Wildman–Crippen LogP) is 2.46. The van der Waals surface area contributed by atoms with Gasteiger partial charge in [0.2, 0.25) is 17.7 Å². The molecule has 9 nitrogen and oxygen atoms in total. The number of ketones is 1. The van der Waals surface area contributed by atoms with Crippen LogP contribution in [0.25, 0.3) is 0 Å². The fourth-order valence-corrected chi connectivity index (χ4v) is 5.84. The maximum absolute atomic E-state index is 13.6. The second kappa shape index (κ2) is 13.6. The molecule has 2 aromatic rings. The molecule has 2 fully saturated rings. The molecule has 2 aliphatic rings. The quantitative estimate of drug-likeness (QED) is 0.270. The predicted molar refractivity (Wildman–Crippen MR) is 160 cm³/mol. The van der Waals surface area contributed by atoms with Crippen LogP contribution in [0.5, 0.6) is 0 Å². The summed E-state index contributed by atoms with van der Waals surface area (Å²) < 4.78 is 5.67. The Kier molecular flexibility index (Phi) is 10.2. The van der Waals surface area contributed by atoms with E-state index in [1.165, 1.54) is 0 Å². The van der Waals surface area contributed by atoms with Crippen molar-refractivity contribution in [2.45, 2.75) is 95.7 Å². The van der Waals surface area contributed by atoms with E-state index in [2.05, 4.69) is 16.0 Å². The number of carbonyl (C=O) groups excluding carboxylic acids is 4. The number of epoxide rings is 1. The van der Waals surface area contributed by atoms with Gasteiger partial charge in [-0.1, -0.05) is 81.4 Å². The van der Waals surface area contributed by atoms with Crippen LogP contribution < -0.4 is 21.7 Å². The Bertz CT molecular complexity index is 1250. The minimum Gasteiger partial charge on any atom is -0.358 e. The van der Waals surface area contributed by atoms with Crippen molar-refractivity contribution in [3.05, 3.63) is 71.8 Å². The highest BCUT2D eigenvalue weighted by atomic mass is 16.6. The topological polar surface area (TPSA) is 143 Å². The summed E-state index contributed by atoms with van der Waals surface area (Å²) in [6.45, 7) is 7.69. The molecule has 0 radical (unpaired) electrons. The highest BCUT2D eigenvalue weighted by molar-refractivity contribution is 5.99. The van der Waals surface area contributed by atoms with E-state index in [0.29, 0.717) is 25.7 Å². The number of hydrogen-bond donors (Lipinski definition) is 4. The van der Waals surface area contributed by atoms with Crippen molar-refractivity contribution in [1.82, 2.24) is 16.0 Å². The molecule has 2 aromatic carbocycles. The van der Waals surface area contributed by atoms with Crippen LogP contribution in [0.3, 0.4) is 0 Å². The minimum absolute atomic E-state index is 0.0940. The zero-order valence-corrected chi connectivity index (χ0v) is 25.0. The van der Waals surface area contributed by atoms with E-state index in [9.17, 15) is 19.2 Å². The number of ether oxygens (including phenoxy) is 1. The van der Waals surface area contributed by atoms with Crippen molar-refractivity contribution in [3.8, 4) is 0 Å². The van der Waals surface area contributed by atoms with Crippen molar-refractivity contribution in [2.24, 2.45) is 17.6 Å². The Morgan fingerprint density at radius 2 is 1.52 bits per heavy atom. The van der Waals surface area contributed by atoms with Gasteiger partial charge in [-0.2, -0.15) is 0 Å². The molecule has 0 aromatic heterocycles. The summed E-state index contributed by atoms with van der Waals surface area (Å²) in [5, 5.41) is 8.58. The largest absolute Gasteiger partial charge is 0.358 e. The van der Waals surface area contributed by atoms with E-state index in [-0.39, 0.29) is 30.1 Å². The Balaban J connectivity index is 1.44. The molecule has 5 unspecified atom stereocenters. The van der Waals surface area contributed by atoms with Crippen molar-refractivity contribution < 1.29 is 23.9 Å².